The number of unbranched alkanes of at least 4 members (excludes halogenated alkanes) is 3. The van der Waals surface area contributed by atoms with E-state index in [0.717, 1.165) is 90.8 Å². The second-order valence-electron chi connectivity index (χ2n) is 20.5. The highest BCUT2D eigenvalue weighted by molar-refractivity contribution is 7.21. The molecule has 460 valence electrons. The Morgan fingerprint density at radius 1 is 0.621 bits per heavy atom. The van der Waals surface area contributed by atoms with Gasteiger partial charge in [-0.2, -0.15) is 4.89 Å². The maximum absolute atomic E-state index is 15.6. The van der Waals surface area contributed by atoms with Crippen LogP contribution in [-0.4, -0.2) is 134 Å². The molecule has 3 N–H and O–H groups in total. The van der Waals surface area contributed by atoms with E-state index in [0.29, 0.717) is 68.7 Å². The first-order valence-electron chi connectivity index (χ1n) is 28.0. The van der Waals surface area contributed by atoms with Gasteiger partial charge in [0.25, 0.3) is 11.8 Å². The molecule has 2 atom stereocenters. The number of methoxy groups -OCH3 is 4. The first kappa shape index (κ1) is 63.6. The number of carboxylic acid groups (broad SMARTS) is 2. The van der Waals surface area contributed by atoms with Crippen molar-refractivity contribution in [3.05, 3.63) is 96.9 Å². The monoisotopic (exact) mass is 1270 g/mol. The van der Waals surface area contributed by atoms with Crippen molar-refractivity contribution < 1.29 is 86.4 Å². The number of rotatable bonds is 34. The third kappa shape index (κ3) is 16.0. The number of fused-ring (bicyclic) bond motifs is 4. The van der Waals surface area contributed by atoms with Crippen LogP contribution in [0.3, 0.4) is 0 Å². The number of thiazole rings is 2. The lowest BCUT2D eigenvalue weighted by molar-refractivity contribution is -0.294. The highest BCUT2D eigenvalue weighted by Gasteiger charge is 2.42. The molecular formula is C61H63FN4O17S4. The van der Waals surface area contributed by atoms with Gasteiger partial charge in [0.15, 0.2) is 38.9 Å². The first-order valence-corrected chi connectivity index (χ1v) is 31.2. The van der Waals surface area contributed by atoms with Crippen molar-refractivity contribution >= 4 is 127 Å². The summed E-state index contributed by atoms with van der Waals surface area (Å²) in [7, 11) is 7.88. The Labute approximate surface area is 514 Å². The Hall–Kier alpha value is -7.88. The second kappa shape index (κ2) is 29.2. The fraction of sp³-hybridized carbons (Fsp3) is 0.393. The summed E-state index contributed by atoms with van der Waals surface area (Å²) < 4.78 is 52.5. The predicted molar refractivity (Wildman–Crippen MR) is 326 cm³/mol. The third-order valence-electron chi connectivity index (χ3n) is 14.4. The maximum Gasteiger partial charge on any atom is 0.344 e. The van der Waals surface area contributed by atoms with Gasteiger partial charge in [-0.1, -0.05) is 6.42 Å². The lowest BCUT2D eigenvalue weighted by Gasteiger charge is -2.15. The molecule has 4 aromatic heterocycles. The molecule has 87 heavy (non-hydrogen) atoms. The van der Waals surface area contributed by atoms with Crippen LogP contribution in [0, 0.1) is 5.82 Å². The van der Waals surface area contributed by atoms with Crippen molar-refractivity contribution in [2.75, 3.05) is 55.2 Å². The Morgan fingerprint density at radius 2 is 1.17 bits per heavy atom. The minimum atomic E-state index is -1.12. The van der Waals surface area contributed by atoms with Gasteiger partial charge in [0.2, 0.25) is 6.29 Å². The summed E-state index contributed by atoms with van der Waals surface area (Å²) in [5.74, 6) is -2.85. The minimum Gasteiger partial charge on any atom is -0.496 e. The summed E-state index contributed by atoms with van der Waals surface area (Å²) in [6.45, 7) is 0.486. The average Bonchev–Trinajstić information content (AvgIpc) is 2.72. The van der Waals surface area contributed by atoms with Crippen LogP contribution < -0.4 is 29.0 Å². The Morgan fingerprint density at radius 3 is 1.78 bits per heavy atom. The van der Waals surface area contributed by atoms with Crippen molar-refractivity contribution in [1.82, 2.24) is 20.2 Å². The topological polar surface area (TPSA) is 278 Å². The van der Waals surface area contributed by atoms with E-state index < -0.39 is 41.9 Å². The lowest BCUT2D eigenvalue weighted by atomic mass is 10.0. The summed E-state index contributed by atoms with van der Waals surface area (Å²) in [5.41, 5.74) is 3.54. The maximum atomic E-state index is 15.6. The van der Waals surface area contributed by atoms with Crippen LogP contribution in [0.25, 0.3) is 40.6 Å². The molecule has 0 radical (unpaired) electrons. The van der Waals surface area contributed by atoms with Crippen LogP contribution >= 0.6 is 45.3 Å². The molecule has 2 unspecified atom stereocenters. The molecule has 9 rings (SSSR count). The van der Waals surface area contributed by atoms with Crippen LogP contribution in [-0.2, 0) is 48.2 Å². The molecule has 8 aromatic rings. The molecule has 0 bridgehead atoms. The zero-order valence-corrected chi connectivity index (χ0v) is 51.5. The van der Waals surface area contributed by atoms with E-state index in [9.17, 15) is 33.6 Å². The number of nitrogens with zero attached hydrogens (tertiary/aromatic N) is 3. The summed E-state index contributed by atoms with van der Waals surface area (Å²) in [5, 5.41) is 22.6. The van der Waals surface area contributed by atoms with Crippen molar-refractivity contribution in [3.63, 3.8) is 0 Å². The molecule has 0 saturated carbocycles. The van der Waals surface area contributed by atoms with Crippen LogP contribution in [0.15, 0.2) is 54.6 Å². The standard InChI is InChI=1S/C61H63FN4O17S4/c1-66(60(75)50-29-36-24-42(77-3)32(26-46(36)85-50)11-7-6-8-12-34-27-47-37(30-43(34)78-4)64-58(86-47)38(67)14-16-51(69)70)21-19-40-61(81-40)83-82-53(73)18-20-63-57(74)49-28-35-23-41(76-2)33(25-45(35)84-49)13-9-10-22-80-56-44(79-5)31-48-55(54(56)62)65-59(87-48)39(68)15-17-52(71)72/h23-31,40,61H,6-22H2,1-5H3,(H,63,74)(H,69,70)(H,71,72). The van der Waals surface area contributed by atoms with Gasteiger partial charge in [-0.3, -0.25) is 33.7 Å². The molecule has 0 spiro atoms. The number of aromatic nitrogens is 2. The van der Waals surface area contributed by atoms with Crippen LogP contribution in [0.5, 0.6) is 28.7 Å². The number of benzene rings is 4. The SMILES string of the molecule is COc1cc2cc(C(=O)N(C)CCC3OC3OOC(=O)CCNC(=O)c3cc4cc(OC)c(CCCCOc5c(OC)cc6sc(C(=O)CCC(=O)O)nc6c5F)cc4s3)sc2cc1CCCCCc1cc2sc(C(=O)CCC(=O)O)nc2cc1OC. The number of carbonyl (C=O) groups is 7. The van der Waals surface area contributed by atoms with E-state index in [2.05, 4.69) is 21.4 Å². The molecule has 1 fully saturated rings. The molecular weight excluding hydrogens is 1210 g/mol. The van der Waals surface area contributed by atoms with E-state index in [1.165, 1.54) is 47.2 Å². The van der Waals surface area contributed by atoms with Gasteiger partial charge < -0.3 is 48.9 Å². The summed E-state index contributed by atoms with van der Waals surface area (Å²) in [6, 6.07) is 16.8. The Kier molecular flexibility index (Phi) is 21.4. The van der Waals surface area contributed by atoms with Gasteiger partial charge in [-0.15, -0.1) is 45.3 Å². The number of epoxide rings is 1. The number of nitrogens with one attached hydrogen (secondary N) is 1. The van der Waals surface area contributed by atoms with E-state index in [1.54, 1.807) is 39.3 Å². The molecule has 1 saturated heterocycles. The zero-order valence-electron chi connectivity index (χ0n) is 48.2. The quantitative estimate of drug-likeness (QED) is 0.0111. The van der Waals surface area contributed by atoms with Gasteiger partial charge in [-0.25, -0.2) is 19.2 Å². The number of thiophene rings is 2. The molecule has 0 aliphatic carbocycles. The molecule has 2 amide bonds. The molecule has 4 aromatic carbocycles. The van der Waals surface area contributed by atoms with Gasteiger partial charge in [-0.05, 0) is 121 Å². The predicted octanol–water partition coefficient (Wildman–Crippen LogP) is 11.4. The van der Waals surface area contributed by atoms with E-state index in [-0.39, 0.29) is 84.9 Å². The summed E-state index contributed by atoms with van der Waals surface area (Å²) in [6.07, 6.45) is 4.16. The van der Waals surface area contributed by atoms with Crippen molar-refractivity contribution in [3.8, 4) is 28.7 Å². The van der Waals surface area contributed by atoms with E-state index in [1.807, 2.05) is 36.4 Å². The number of halogens is 1. The van der Waals surface area contributed by atoms with Crippen molar-refractivity contribution in [2.45, 2.75) is 102 Å². The Balaban J connectivity index is 0.664. The fourth-order valence-electron chi connectivity index (χ4n) is 9.69. The van der Waals surface area contributed by atoms with Crippen molar-refractivity contribution in [2.24, 2.45) is 0 Å². The van der Waals surface area contributed by atoms with Gasteiger partial charge in [0.05, 0.1) is 79.0 Å². The third-order valence-corrected chi connectivity index (χ3v) is 18.7. The number of carbonyl (C=O) groups excluding carboxylic acids is 5. The molecule has 21 nitrogen and oxygen atoms in total. The number of aryl methyl sites for hydroxylation is 3. The number of ketones is 2. The summed E-state index contributed by atoms with van der Waals surface area (Å²) >= 11 is 4.92. The van der Waals surface area contributed by atoms with Crippen LogP contribution in [0.1, 0.15) is 126 Å². The molecule has 5 heterocycles. The van der Waals surface area contributed by atoms with Gasteiger partial charge in [0.1, 0.15) is 28.9 Å². The molecule has 1 aliphatic heterocycles. The van der Waals surface area contributed by atoms with E-state index in [4.69, 9.17) is 48.4 Å². The van der Waals surface area contributed by atoms with E-state index >= 15 is 4.39 Å². The van der Waals surface area contributed by atoms with Gasteiger partial charge >= 0.3 is 17.9 Å². The largest absolute Gasteiger partial charge is 0.496 e. The average molecular weight is 1270 g/mol. The number of hydrogen-bond acceptors (Lipinski definition) is 21. The highest BCUT2D eigenvalue weighted by Crippen LogP contribution is 2.40. The lowest BCUT2D eigenvalue weighted by Crippen LogP contribution is -2.28. The molecule has 26 heteroatoms. The first-order chi connectivity index (χ1) is 41.9. The normalized spacial score (nSPS) is 13.7. The Bertz CT molecular complexity index is 3890. The summed E-state index contributed by atoms with van der Waals surface area (Å²) in [4.78, 5) is 108. The number of Topliss-reactive ketones (excluding diaryl/α,β-unsaturated/α-hetero) is 2. The van der Waals surface area contributed by atoms with Crippen LogP contribution in [0.2, 0.25) is 0 Å². The van der Waals surface area contributed by atoms with Gasteiger partial charge in [0, 0.05) is 54.5 Å². The number of amides is 2. The smallest absolute Gasteiger partial charge is 0.344 e. The second-order valence-corrected chi connectivity index (χ2v) is 24.7. The number of carboxylic acids is 2. The number of aliphatic carboxylic acids is 2. The zero-order chi connectivity index (χ0) is 61.9. The van der Waals surface area contributed by atoms with Crippen LogP contribution in [0.4, 0.5) is 4.39 Å². The number of ether oxygens (including phenoxy) is 6. The minimum absolute atomic E-state index is 0.00656. The molecule has 1 aliphatic rings. The fourth-order valence-corrected chi connectivity index (χ4v) is 13.8. The number of hydrogen-bond donors (Lipinski definition) is 3. The highest BCUT2D eigenvalue weighted by atomic mass is 32.1. The van der Waals surface area contributed by atoms with Crippen molar-refractivity contribution in [1.29, 1.82) is 0 Å².